The molecule has 1 fully saturated rings. The van der Waals surface area contributed by atoms with Gasteiger partial charge in [-0.15, -0.1) is 0 Å². The third-order valence-corrected chi connectivity index (χ3v) is 2.49. The first kappa shape index (κ1) is 9.01. The second kappa shape index (κ2) is 4.07. The quantitative estimate of drug-likeness (QED) is 0.602. The molecule has 2 nitrogen and oxygen atoms in total. The maximum atomic E-state index is 5.46. The van der Waals surface area contributed by atoms with Gasteiger partial charge in [0, 0.05) is 19.1 Å². The molecule has 1 aliphatic heterocycles. The van der Waals surface area contributed by atoms with Crippen LogP contribution in [0.5, 0.6) is 0 Å². The number of morpholine rings is 1. The van der Waals surface area contributed by atoms with E-state index in [0.717, 1.165) is 25.7 Å². The van der Waals surface area contributed by atoms with Gasteiger partial charge in [0.15, 0.2) is 0 Å². The van der Waals surface area contributed by atoms with Crippen LogP contribution in [0.25, 0.3) is 0 Å². The lowest BCUT2D eigenvalue weighted by Gasteiger charge is -2.35. The molecule has 0 radical (unpaired) electrons. The molecule has 0 saturated carbocycles. The molecular weight excluding hydrogens is 138 g/mol. The SMILES string of the molecule is CC[C@H](C)N1CCO[C@H](C)C1. The van der Waals surface area contributed by atoms with E-state index < -0.39 is 0 Å². The van der Waals surface area contributed by atoms with Gasteiger partial charge in [0.2, 0.25) is 0 Å². The predicted octanol–water partition coefficient (Wildman–Crippen LogP) is 1.51. The molecule has 0 unspecified atom stereocenters. The number of nitrogens with zero attached hydrogens (tertiary/aromatic N) is 1. The van der Waals surface area contributed by atoms with E-state index in [9.17, 15) is 0 Å². The van der Waals surface area contributed by atoms with E-state index in [1.54, 1.807) is 0 Å². The molecule has 0 amide bonds. The third kappa shape index (κ3) is 2.46. The molecule has 0 bridgehead atoms. The molecule has 1 aliphatic rings. The fourth-order valence-electron chi connectivity index (χ4n) is 1.50. The van der Waals surface area contributed by atoms with Crippen LogP contribution < -0.4 is 0 Å². The number of rotatable bonds is 2. The number of hydrogen-bond acceptors (Lipinski definition) is 2. The van der Waals surface area contributed by atoms with Crippen LogP contribution in [0.15, 0.2) is 0 Å². The maximum absolute atomic E-state index is 5.46. The first-order valence-corrected chi connectivity index (χ1v) is 4.59. The zero-order valence-corrected chi connectivity index (χ0v) is 7.84. The van der Waals surface area contributed by atoms with Gasteiger partial charge < -0.3 is 4.74 Å². The molecule has 2 atom stereocenters. The Morgan fingerprint density at radius 3 is 2.91 bits per heavy atom. The van der Waals surface area contributed by atoms with Crippen molar-refractivity contribution in [1.82, 2.24) is 4.90 Å². The fraction of sp³-hybridized carbons (Fsp3) is 1.00. The van der Waals surface area contributed by atoms with E-state index in [1.165, 1.54) is 6.42 Å². The summed E-state index contributed by atoms with van der Waals surface area (Å²) in [5.41, 5.74) is 0. The highest BCUT2D eigenvalue weighted by Crippen LogP contribution is 2.09. The summed E-state index contributed by atoms with van der Waals surface area (Å²) in [6.07, 6.45) is 1.67. The Balaban J connectivity index is 2.33. The van der Waals surface area contributed by atoms with E-state index >= 15 is 0 Å². The Kier molecular flexibility index (Phi) is 3.34. The Labute approximate surface area is 69.5 Å². The van der Waals surface area contributed by atoms with Crippen LogP contribution in [0.4, 0.5) is 0 Å². The molecule has 2 heteroatoms. The minimum atomic E-state index is 0.428. The van der Waals surface area contributed by atoms with E-state index in [1.807, 2.05) is 0 Å². The molecule has 0 aliphatic carbocycles. The first-order chi connectivity index (χ1) is 5.24. The highest BCUT2D eigenvalue weighted by molar-refractivity contribution is 4.72. The van der Waals surface area contributed by atoms with Crippen molar-refractivity contribution in [3.8, 4) is 0 Å². The zero-order chi connectivity index (χ0) is 8.27. The van der Waals surface area contributed by atoms with E-state index in [-0.39, 0.29) is 0 Å². The van der Waals surface area contributed by atoms with Crippen LogP contribution in [0, 0.1) is 0 Å². The van der Waals surface area contributed by atoms with Crippen LogP contribution >= 0.6 is 0 Å². The summed E-state index contributed by atoms with van der Waals surface area (Å²) in [5.74, 6) is 0. The molecule has 0 N–H and O–H groups in total. The Hall–Kier alpha value is -0.0800. The van der Waals surface area contributed by atoms with Crippen LogP contribution in [0.2, 0.25) is 0 Å². The van der Waals surface area contributed by atoms with Crippen molar-refractivity contribution in [3.63, 3.8) is 0 Å². The third-order valence-electron chi connectivity index (χ3n) is 2.49. The van der Waals surface area contributed by atoms with Gasteiger partial charge in [-0.3, -0.25) is 4.90 Å². The number of hydrogen-bond donors (Lipinski definition) is 0. The molecule has 11 heavy (non-hydrogen) atoms. The van der Waals surface area contributed by atoms with E-state index in [4.69, 9.17) is 4.74 Å². The standard InChI is InChI=1S/C9H19NO/c1-4-8(2)10-5-6-11-9(3)7-10/h8-9H,4-7H2,1-3H3/t8-,9+/m0/s1. The van der Waals surface area contributed by atoms with Crippen molar-refractivity contribution < 1.29 is 4.74 Å². The van der Waals surface area contributed by atoms with Gasteiger partial charge in [0.1, 0.15) is 0 Å². The van der Waals surface area contributed by atoms with Crippen molar-refractivity contribution in [2.24, 2.45) is 0 Å². The fourth-order valence-corrected chi connectivity index (χ4v) is 1.50. The van der Waals surface area contributed by atoms with Crippen molar-refractivity contribution >= 4 is 0 Å². The average molecular weight is 157 g/mol. The first-order valence-electron chi connectivity index (χ1n) is 4.59. The molecule has 0 aromatic carbocycles. The highest BCUT2D eigenvalue weighted by Gasteiger charge is 2.19. The van der Waals surface area contributed by atoms with E-state index in [2.05, 4.69) is 25.7 Å². The Bertz CT molecular complexity index is 116. The monoisotopic (exact) mass is 157 g/mol. The minimum absolute atomic E-state index is 0.428. The average Bonchev–Trinajstić information content (AvgIpc) is 2.03. The van der Waals surface area contributed by atoms with E-state index in [0.29, 0.717) is 6.10 Å². The van der Waals surface area contributed by atoms with Crippen LogP contribution in [0.3, 0.4) is 0 Å². The molecule has 0 aromatic rings. The van der Waals surface area contributed by atoms with Crippen molar-refractivity contribution in [1.29, 1.82) is 0 Å². The molecule has 66 valence electrons. The summed E-state index contributed by atoms with van der Waals surface area (Å²) < 4.78 is 5.46. The topological polar surface area (TPSA) is 12.5 Å². The summed E-state index contributed by atoms with van der Waals surface area (Å²) in [4.78, 5) is 2.51. The summed E-state index contributed by atoms with van der Waals surface area (Å²) in [6.45, 7) is 9.80. The maximum Gasteiger partial charge on any atom is 0.0674 e. The lowest BCUT2D eigenvalue weighted by Crippen LogP contribution is -2.45. The van der Waals surface area contributed by atoms with Gasteiger partial charge in [-0.1, -0.05) is 6.92 Å². The smallest absolute Gasteiger partial charge is 0.0674 e. The number of ether oxygens (including phenoxy) is 1. The molecule has 0 spiro atoms. The van der Waals surface area contributed by atoms with Crippen molar-refractivity contribution in [2.45, 2.75) is 39.3 Å². The second-order valence-electron chi connectivity index (χ2n) is 3.43. The molecule has 0 aromatic heterocycles. The van der Waals surface area contributed by atoms with Crippen molar-refractivity contribution in [3.05, 3.63) is 0 Å². The van der Waals surface area contributed by atoms with Gasteiger partial charge in [-0.25, -0.2) is 0 Å². The Morgan fingerprint density at radius 2 is 2.36 bits per heavy atom. The van der Waals surface area contributed by atoms with Crippen LogP contribution in [0.1, 0.15) is 27.2 Å². The van der Waals surface area contributed by atoms with Gasteiger partial charge >= 0.3 is 0 Å². The summed E-state index contributed by atoms with van der Waals surface area (Å²) in [6, 6.07) is 0.723. The lowest BCUT2D eigenvalue weighted by molar-refractivity contribution is -0.0318. The molecule has 1 rings (SSSR count). The van der Waals surface area contributed by atoms with Gasteiger partial charge in [0.25, 0.3) is 0 Å². The van der Waals surface area contributed by atoms with Gasteiger partial charge in [0.05, 0.1) is 12.7 Å². The molecule has 1 saturated heterocycles. The second-order valence-corrected chi connectivity index (χ2v) is 3.43. The summed E-state index contributed by atoms with van der Waals surface area (Å²) >= 11 is 0. The largest absolute Gasteiger partial charge is 0.376 e. The minimum Gasteiger partial charge on any atom is -0.376 e. The molecular formula is C9H19NO. The van der Waals surface area contributed by atoms with Crippen LogP contribution in [-0.2, 0) is 4.74 Å². The van der Waals surface area contributed by atoms with Crippen molar-refractivity contribution in [2.75, 3.05) is 19.7 Å². The lowest BCUT2D eigenvalue weighted by atomic mass is 10.2. The summed E-state index contributed by atoms with van der Waals surface area (Å²) in [7, 11) is 0. The van der Waals surface area contributed by atoms with Gasteiger partial charge in [-0.05, 0) is 20.3 Å². The normalized spacial score (nSPS) is 30.3. The summed E-state index contributed by atoms with van der Waals surface area (Å²) in [5, 5.41) is 0. The predicted molar refractivity (Wildman–Crippen MR) is 46.7 cm³/mol. The molecule has 1 heterocycles. The van der Waals surface area contributed by atoms with Gasteiger partial charge in [-0.2, -0.15) is 0 Å². The zero-order valence-electron chi connectivity index (χ0n) is 7.84. The van der Waals surface area contributed by atoms with Crippen LogP contribution in [-0.4, -0.2) is 36.7 Å². The Morgan fingerprint density at radius 1 is 1.64 bits per heavy atom. The highest BCUT2D eigenvalue weighted by atomic mass is 16.5.